The van der Waals surface area contributed by atoms with Crippen molar-refractivity contribution in [2.75, 3.05) is 19.6 Å². The lowest BCUT2D eigenvalue weighted by molar-refractivity contribution is -0.151. The minimum absolute atomic E-state index is 0.0176. The van der Waals surface area contributed by atoms with Crippen LogP contribution in [0.25, 0.3) is 0 Å². The van der Waals surface area contributed by atoms with E-state index in [0.29, 0.717) is 13.1 Å². The summed E-state index contributed by atoms with van der Waals surface area (Å²) < 4.78 is 1.38. The fourth-order valence-electron chi connectivity index (χ4n) is 1.77. The first kappa shape index (κ1) is 11.5. The van der Waals surface area contributed by atoms with E-state index in [-0.39, 0.29) is 19.0 Å². The summed E-state index contributed by atoms with van der Waals surface area (Å²) in [5.41, 5.74) is 0. The molecule has 1 unspecified atom stereocenters. The summed E-state index contributed by atoms with van der Waals surface area (Å²) in [6, 6.07) is -0.806. The number of amides is 1. The van der Waals surface area contributed by atoms with Crippen molar-refractivity contribution in [3.8, 4) is 0 Å². The molecule has 2 N–H and O–H groups in total. The largest absolute Gasteiger partial charge is 0.480 e. The minimum Gasteiger partial charge on any atom is -0.480 e. The molecule has 0 spiro atoms. The summed E-state index contributed by atoms with van der Waals surface area (Å²) in [6.07, 6.45) is 2.76. The average Bonchev–Trinajstić information content (AvgIpc) is 2.81. The molecule has 1 aliphatic heterocycles. The molecule has 1 amide bonds. The van der Waals surface area contributed by atoms with E-state index in [4.69, 9.17) is 5.11 Å². The molecule has 0 aromatic carbocycles. The van der Waals surface area contributed by atoms with Crippen LogP contribution in [-0.4, -0.2) is 62.3 Å². The molecule has 2 heterocycles. The molecule has 1 aromatic heterocycles. The summed E-state index contributed by atoms with van der Waals surface area (Å²) in [5, 5.41) is 15.8. The van der Waals surface area contributed by atoms with Crippen LogP contribution in [0, 0.1) is 0 Å². The number of piperazine rings is 1. The number of carbonyl (C=O) groups is 2. The third-order valence-electron chi connectivity index (χ3n) is 2.61. The zero-order valence-corrected chi connectivity index (χ0v) is 9.11. The Balaban J connectivity index is 2.03. The van der Waals surface area contributed by atoms with Crippen LogP contribution in [0.1, 0.15) is 0 Å². The third kappa shape index (κ3) is 2.59. The van der Waals surface area contributed by atoms with E-state index < -0.39 is 12.0 Å². The number of hydrogen-bond acceptors (Lipinski definition) is 5. The van der Waals surface area contributed by atoms with Gasteiger partial charge in [-0.15, -0.1) is 0 Å². The van der Waals surface area contributed by atoms with Gasteiger partial charge in [0.15, 0.2) is 0 Å². The highest BCUT2D eigenvalue weighted by atomic mass is 16.4. The van der Waals surface area contributed by atoms with Gasteiger partial charge < -0.3 is 15.3 Å². The molecule has 17 heavy (non-hydrogen) atoms. The first-order valence-corrected chi connectivity index (χ1v) is 5.24. The summed E-state index contributed by atoms with van der Waals surface area (Å²) >= 11 is 0. The van der Waals surface area contributed by atoms with Crippen molar-refractivity contribution in [1.82, 2.24) is 25.0 Å². The fourth-order valence-corrected chi connectivity index (χ4v) is 1.77. The summed E-state index contributed by atoms with van der Waals surface area (Å²) in [5.74, 6) is -1.26. The topological polar surface area (TPSA) is 100 Å². The van der Waals surface area contributed by atoms with Crippen LogP contribution in [0.3, 0.4) is 0 Å². The smallest absolute Gasteiger partial charge is 0.327 e. The second-order valence-corrected chi connectivity index (χ2v) is 3.74. The van der Waals surface area contributed by atoms with Gasteiger partial charge in [-0.2, -0.15) is 5.10 Å². The number of carboxylic acid groups (broad SMARTS) is 1. The number of aliphatic carboxylic acids is 1. The molecule has 0 radical (unpaired) electrons. The normalized spacial score (nSPS) is 20.2. The Hall–Kier alpha value is -1.96. The Morgan fingerprint density at radius 3 is 3.00 bits per heavy atom. The zero-order valence-electron chi connectivity index (χ0n) is 9.11. The molecule has 0 saturated carbocycles. The molecule has 2 rings (SSSR count). The van der Waals surface area contributed by atoms with Crippen LogP contribution >= 0.6 is 0 Å². The molecule has 1 aliphatic rings. The first-order chi connectivity index (χ1) is 8.18. The minimum atomic E-state index is -0.996. The highest BCUT2D eigenvalue weighted by molar-refractivity contribution is 5.84. The van der Waals surface area contributed by atoms with Crippen molar-refractivity contribution in [3.63, 3.8) is 0 Å². The van der Waals surface area contributed by atoms with Gasteiger partial charge in [0.2, 0.25) is 5.91 Å². The maximum Gasteiger partial charge on any atom is 0.327 e. The van der Waals surface area contributed by atoms with E-state index in [9.17, 15) is 9.59 Å². The molecular weight excluding hydrogens is 226 g/mol. The average molecular weight is 239 g/mol. The molecule has 0 aliphatic carbocycles. The monoisotopic (exact) mass is 239 g/mol. The van der Waals surface area contributed by atoms with Crippen molar-refractivity contribution in [2.45, 2.75) is 12.6 Å². The van der Waals surface area contributed by atoms with Crippen molar-refractivity contribution < 1.29 is 14.7 Å². The van der Waals surface area contributed by atoms with Gasteiger partial charge >= 0.3 is 5.97 Å². The molecule has 8 heteroatoms. The van der Waals surface area contributed by atoms with Gasteiger partial charge in [-0.1, -0.05) is 0 Å². The van der Waals surface area contributed by atoms with Crippen molar-refractivity contribution in [3.05, 3.63) is 12.7 Å². The zero-order chi connectivity index (χ0) is 12.3. The van der Waals surface area contributed by atoms with Crippen molar-refractivity contribution >= 4 is 11.9 Å². The molecule has 1 fully saturated rings. The Bertz CT molecular complexity index is 405. The van der Waals surface area contributed by atoms with Crippen LogP contribution in [-0.2, 0) is 16.1 Å². The number of aromatic nitrogens is 3. The van der Waals surface area contributed by atoms with E-state index in [2.05, 4.69) is 15.4 Å². The maximum absolute atomic E-state index is 11.9. The maximum atomic E-state index is 11.9. The van der Waals surface area contributed by atoms with Gasteiger partial charge in [0.05, 0.1) is 0 Å². The van der Waals surface area contributed by atoms with Gasteiger partial charge in [-0.25, -0.2) is 14.5 Å². The number of hydrogen-bond donors (Lipinski definition) is 2. The number of nitrogens with zero attached hydrogens (tertiary/aromatic N) is 4. The van der Waals surface area contributed by atoms with Gasteiger partial charge in [-0.05, 0) is 0 Å². The summed E-state index contributed by atoms with van der Waals surface area (Å²) in [7, 11) is 0. The molecule has 0 bridgehead atoms. The number of rotatable bonds is 3. The molecule has 8 nitrogen and oxygen atoms in total. The quantitative estimate of drug-likeness (QED) is 0.643. The van der Waals surface area contributed by atoms with Gasteiger partial charge in [0.25, 0.3) is 0 Å². The lowest BCUT2D eigenvalue weighted by Crippen LogP contribution is -2.57. The number of carboxylic acids is 1. The van der Waals surface area contributed by atoms with E-state index in [1.165, 1.54) is 22.2 Å². The Labute approximate surface area is 97.2 Å². The second-order valence-electron chi connectivity index (χ2n) is 3.74. The van der Waals surface area contributed by atoms with Crippen LogP contribution in [0.15, 0.2) is 12.7 Å². The van der Waals surface area contributed by atoms with E-state index >= 15 is 0 Å². The summed E-state index contributed by atoms with van der Waals surface area (Å²) in [6.45, 7) is 1.29. The van der Waals surface area contributed by atoms with Crippen LogP contribution < -0.4 is 5.32 Å². The van der Waals surface area contributed by atoms with Gasteiger partial charge in [0, 0.05) is 19.6 Å². The van der Waals surface area contributed by atoms with Gasteiger partial charge in [0.1, 0.15) is 25.2 Å². The third-order valence-corrected chi connectivity index (χ3v) is 2.61. The van der Waals surface area contributed by atoms with E-state index in [1.807, 2.05) is 0 Å². The standard InChI is InChI=1S/C9H13N5O3/c15-8(4-13-6-11-5-12-13)14-2-1-10-3-7(14)9(16)17/h5-7,10H,1-4H2,(H,16,17). The highest BCUT2D eigenvalue weighted by Crippen LogP contribution is 2.05. The Morgan fingerprint density at radius 1 is 1.53 bits per heavy atom. The molecule has 92 valence electrons. The lowest BCUT2D eigenvalue weighted by Gasteiger charge is -2.33. The van der Waals surface area contributed by atoms with Crippen LogP contribution in [0.4, 0.5) is 0 Å². The lowest BCUT2D eigenvalue weighted by atomic mass is 10.2. The predicted molar refractivity (Wildman–Crippen MR) is 56.0 cm³/mol. The van der Waals surface area contributed by atoms with Gasteiger partial charge in [-0.3, -0.25) is 4.79 Å². The van der Waals surface area contributed by atoms with Crippen molar-refractivity contribution in [1.29, 1.82) is 0 Å². The molecule has 1 saturated heterocycles. The van der Waals surface area contributed by atoms with E-state index in [1.54, 1.807) is 0 Å². The molecule has 1 aromatic rings. The SMILES string of the molecule is O=C(O)C1CNCCN1C(=O)Cn1cncn1. The van der Waals surface area contributed by atoms with Crippen LogP contribution in [0.5, 0.6) is 0 Å². The van der Waals surface area contributed by atoms with Crippen LogP contribution in [0.2, 0.25) is 0 Å². The van der Waals surface area contributed by atoms with E-state index in [0.717, 1.165) is 0 Å². The predicted octanol–water partition coefficient (Wildman–Crippen LogP) is -1.84. The fraction of sp³-hybridized carbons (Fsp3) is 0.556. The second kappa shape index (κ2) is 4.91. The van der Waals surface area contributed by atoms with Crippen molar-refractivity contribution in [2.24, 2.45) is 0 Å². The Morgan fingerprint density at radius 2 is 2.35 bits per heavy atom. The summed E-state index contributed by atoms with van der Waals surface area (Å²) in [4.78, 5) is 28.0. The molecular formula is C9H13N5O3. The number of carbonyl (C=O) groups excluding carboxylic acids is 1. The Kier molecular flexibility index (Phi) is 3.33. The highest BCUT2D eigenvalue weighted by Gasteiger charge is 2.31. The number of nitrogens with one attached hydrogen (secondary N) is 1. The molecule has 1 atom stereocenters. The first-order valence-electron chi connectivity index (χ1n) is 5.24.